The highest BCUT2D eigenvalue weighted by atomic mass is 79.9. The van der Waals surface area contributed by atoms with Gasteiger partial charge in [-0.3, -0.25) is 9.69 Å². The molecule has 0 aliphatic rings. The van der Waals surface area contributed by atoms with Gasteiger partial charge >= 0.3 is 0 Å². The van der Waals surface area contributed by atoms with Crippen LogP contribution in [0.25, 0.3) is 0 Å². The zero-order chi connectivity index (χ0) is 17.0. The summed E-state index contributed by atoms with van der Waals surface area (Å²) >= 11 is 3.39. The molecule has 0 aliphatic carbocycles. The van der Waals surface area contributed by atoms with E-state index in [0.29, 0.717) is 6.54 Å². The molecule has 0 saturated heterocycles. The van der Waals surface area contributed by atoms with E-state index < -0.39 is 0 Å². The predicted molar refractivity (Wildman–Crippen MR) is 99.9 cm³/mol. The molecule has 0 bridgehead atoms. The molecular weight excluding hydrogens is 350 g/mol. The fourth-order valence-corrected chi connectivity index (χ4v) is 2.71. The number of carbonyl (C=O) groups is 1. The number of likely N-dealkylation sites (N-methyl/N-ethyl adjacent to an activating group) is 1. The minimum atomic E-state index is 0.145. The molecule has 2 rings (SSSR count). The van der Waals surface area contributed by atoms with Crippen molar-refractivity contribution < 1.29 is 4.79 Å². The molecule has 2 nitrogen and oxygen atoms in total. The summed E-state index contributed by atoms with van der Waals surface area (Å²) in [4.78, 5) is 14.3. The number of Topliss-reactive ketones (excluding diaryl/α,β-unsaturated/α-hetero) is 1. The van der Waals surface area contributed by atoms with Crippen LogP contribution in [0.1, 0.15) is 42.3 Å². The van der Waals surface area contributed by atoms with Crippen LogP contribution < -0.4 is 0 Å². The van der Waals surface area contributed by atoms with Crippen LogP contribution in [0.2, 0.25) is 0 Å². The molecular formula is C20H24BrNO. The highest BCUT2D eigenvalue weighted by Gasteiger charge is 2.14. The minimum absolute atomic E-state index is 0.145. The quantitative estimate of drug-likeness (QED) is 0.682. The van der Waals surface area contributed by atoms with Gasteiger partial charge in [-0.05, 0) is 35.7 Å². The molecule has 0 aliphatic heterocycles. The Balaban J connectivity index is 1.95. The Bertz CT molecular complexity index is 654. The van der Waals surface area contributed by atoms with Gasteiger partial charge < -0.3 is 0 Å². The molecule has 0 amide bonds. The van der Waals surface area contributed by atoms with E-state index in [1.54, 1.807) is 0 Å². The van der Waals surface area contributed by atoms with Crippen molar-refractivity contribution in [3.63, 3.8) is 0 Å². The van der Waals surface area contributed by atoms with Gasteiger partial charge in [-0.15, -0.1) is 0 Å². The average Bonchev–Trinajstić information content (AvgIpc) is 2.47. The van der Waals surface area contributed by atoms with Crippen LogP contribution in [0.4, 0.5) is 0 Å². The summed E-state index contributed by atoms with van der Waals surface area (Å²) in [6.07, 6.45) is 0. The Kier molecular flexibility index (Phi) is 5.77. The number of hydrogen-bond donors (Lipinski definition) is 0. The molecule has 0 aromatic heterocycles. The lowest BCUT2D eigenvalue weighted by molar-refractivity contribution is 0.0943. The normalized spacial score (nSPS) is 11.7. The molecule has 23 heavy (non-hydrogen) atoms. The highest BCUT2D eigenvalue weighted by Crippen LogP contribution is 2.22. The van der Waals surface area contributed by atoms with E-state index in [9.17, 15) is 4.79 Å². The summed E-state index contributed by atoms with van der Waals surface area (Å²) in [5.41, 5.74) is 3.48. The molecule has 3 heteroatoms. The lowest BCUT2D eigenvalue weighted by Gasteiger charge is -2.20. The van der Waals surface area contributed by atoms with Gasteiger partial charge in [0.1, 0.15) is 0 Å². The summed E-state index contributed by atoms with van der Waals surface area (Å²) < 4.78 is 0.987. The number of rotatable bonds is 5. The Morgan fingerprint density at radius 1 is 1.00 bits per heavy atom. The van der Waals surface area contributed by atoms with Crippen molar-refractivity contribution >= 4 is 21.7 Å². The Hall–Kier alpha value is -1.45. The Labute approximate surface area is 147 Å². The fourth-order valence-electron chi connectivity index (χ4n) is 2.45. The average molecular weight is 374 g/mol. The molecule has 0 saturated carbocycles. The maximum Gasteiger partial charge on any atom is 0.176 e. The van der Waals surface area contributed by atoms with Crippen LogP contribution in [0.5, 0.6) is 0 Å². The van der Waals surface area contributed by atoms with Gasteiger partial charge in [0.25, 0.3) is 0 Å². The van der Waals surface area contributed by atoms with Crippen molar-refractivity contribution in [1.29, 1.82) is 0 Å². The van der Waals surface area contributed by atoms with Gasteiger partial charge in [-0.25, -0.2) is 0 Å². The molecule has 2 aromatic rings. The van der Waals surface area contributed by atoms with Crippen molar-refractivity contribution in [1.82, 2.24) is 4.90 Å². The SMILES string of the molecule is CN(CC(=O)c1ccc(Br)cc1)Cc1ccc(C(C)(C)C)cc1. The lowest BCUT2D eigenvalue weighted by Crippen LogP contribution is -2.25. The van der Waals surface area contributed by atoms with Crippen LogP contribution in [0, 0.1) is 0 Å². The summed E-state index contributed by atoms with van der Waals surface area (Å²) in [7, 11) is 1.98. The van der Waals surface area contributed by atoms with E-state index in [0.717, 1.165) is 16.6 Å². The zero-order valence-electron chi connectivity index (χ0n) is 14.3. The van der Waals surface area contributed by atoms with Crippen molar-refractivity contribution in [3.05, 3.63) is 69.7 Å². The monoisotopic (exact) mass is 373 g/mol. The molecule has 122 valence electrons. The van der Waals surface area contributed by atoms with Crippen LogP contribution in [-0.2, 0) is 12.0 Å². The third-order valence-electron chi connectivity index (χ3n) is 3.85. The second-order valence-corrected chi connectivity index (χ2v) is 7.96. The van der Waals surface area contributed by atoms with Crippen molar-refractivity contribution in [2.75, 3.05) is 13.6 Å². The number of hydrogen-bond acceptors (Lipinski definition) is 2. The fraction of sp³-hybridized carbons (Fsp3) is 0.350. The van der Waals surface area contributed by atoms with Crippen molar-refractivity contribution in [2.24, 2.45) is 0 Å². The first-order chi connectivity index (χ1) is 10.8. The molecule has 0 N–H and O–H groups in total. The summed E-state index contributed by atoms with van der Waals surface area (Å²) in [6, 6.07) is 16.2. The molecule has 0 unspecified atom stereocenters. The zero-order valence-corrected chi connectivity index (χ0v) is 15.9. The molecule has 0 heterocycles. The molecule has 0 atom stereocenters. The van der Waals surface area contributed by atoms with E-state index >= 15 is 0 Å². The third-order valence-corrected chi connectivity index (χ3v) is 4.38. The topological polar surface area (TPSA) is 20.3 Å². The number of nitrogens with zero attached hydrogens (tertiary/aromatic N) is 1. The second kappa shape index (κ2) is 7.41. The number of carbonyl (C=O) groups excluding carboxylic acids is 1. The van der Waals surface area contributed by atoms with Crippen LogP contribution >= 0.6 is 15.9 Å². The maximum atomic E-state index is 12.3. The summed E-state index contributed by atoms with van der Waals surface area (Å²) in [6.45, 7) is 7.83. The first-order valence-electron chi connectivity index (χ1n) is 7.82. The van der Waals surface area contributed by atoms with E-state index in [1.807, 2.05) is 31.3 Å². The standard InChI is InChI=1S/C20H24BrNO/c1-20(2,3)17-9-5-15(6-10-17)13-22(4)14-19(23)16-7-11-18(21)12-8-16/h5-12H,13-14H2,1-4H3. The molecule has 0 fully saturated rings. The number of benzene rings is 2. The van der Waals surface area contributed by atoms with Gasteiger partial charge in [-0.1, -0.05) is 73.1 Å². The van der Waals surface area contributed by atoms with Crippen molar-refractivity contribution in [2.45, 2.75) is 32.7 Å². The number of halogens is 1. The van der Waals surface area contributed by atoms with Gasteiger partial charge in [0, 0.05) is 16.6 Å². The third kappa shape index (κ3) is 5.29. The Morgan fingerprint density at radius 2 is 1.57 bits per heavy atom. The smallest absolute Gasteiger partial charge is 0.176 e. The summed E-state index contributed by atoms with van der Waals surface area (Å²) in [5, 5.41) is 0. The Morgan fingerprint density at radius 3 is 2.09 bits per heavy atom. The summed E-state index contributed by atoms with van der Waals surface area (Å²) in [5.74, 6) is 0.145. The van der Waals surface area contributed by atoms with Crippen LogP contribution in [0.15, 0.2) is 53.0 Å². The van der Waals surface area contributed by atoms with E-state index in [2.05, 4.69) is 65.9 Å². The van der Waals surface area contributed by atoms with Crippen LogP contribution in [0.3, 0.4) is 0 Å². The van der Waals surface area contributed by atoms with Crippen molar-refractivity contribution in [3.8, 4) is 0 Å². The van der Waals surface area contributed by atoms with Gasteiger partial charge in [-0.2, -0.15) is 0 Å². The van der Waals surface area contributed by atoms with Gasteiger partial charge in [0.15, 0.2) is 5.78 Å². The van der Waals surface area contributed by atoms with E-state index in [1.165, 1.54) is 11.1 Å². The first kappa shape index (κ1) is 17.9. The minimum Gasteiger partial charge on any atom is -0.295 e. The highest BCUT2D eigenvalue weighted by molar-refractivity contribution is 9.10. The second-order valence-electron chi connectivity index (χ2n) is 7.05. The largest absolute Gasteiger partial charge is 0.295 e. The molecule has 0 spiro atoms. The van der Waals surface area contributed by atoms with Gasteiger partial charge in [0.2, 0.25) is 0 Å². The van der Waals surface area contributed by atoms with Gasteiger partial charge in [0.05, 0.1) is 6.54 Å². The lowest BCUT2D eigenvalue weighted by atomic mass is 9.87. The number of ketones is 1. The molecule has 0 radical (unpaired) electrons. The first-order valence-corrected chi connectivity index (χ1v) is 8.62. The van der Waals surface area contributed by atoms with E-state index in [-0.39, 0.29) is 11.2 Å². The van der Waals surface area contributed by atoms with E-state index in [4.69, 9.17) is 0 Å². The predicted octanol–water partition coefficient (Wildman–Crippen LogP) is 5.06. The molecule has 2 aromatic carbocycles. The van der Waals surface area contributed by atoms with Crippen LogP contribution in [-0.4, -0.2) is 24.3 Å². The maximum absolute atomic E-state index is 12.3.